The lowest BCUT2D eigenvalue weighted by atomic mass is 10.0. The molecule has 0 aliphatic heterocycles. The van der Waals surface area contributed by atoms with Crippen molar-refractivity contribution >= 4 is 11.6 Å². The van der Waals surface area contributed by atoms with Gasteiger partial charge in [0.15, 0.2) is 0 Å². The lowest BCUT2D eigenvalue weighted by molar-refractivity contribution is 0.311. The first-order valence-corrected chi connectivity index (χ1v) is 12.2. The average molecular weight is 410 g/mol. The molecule has 28 heavy (non-hydrogen) atoms. The Bertz CT molecular complexity index is 478. The van der Waals surface area contributed by atoms with Gasteiger partial charge in [-0.1, -0.05) is 102 Å². The summed E-state index contributed by atoms with van der Waals surface area (Å²) in [7, 11) is 0. The molecule has 0 aromatic heterocycles. The van der Waals surface area contributed by atoms with Crippen LogP contribution >= 0.6 is 11.6 Å². The zero-order chi connectivity index (χ0) is 20.3. The number of halogens is 1. The van der Waals surface area contributed by atoms with Crippen LogP contribution in [0.5, 0.6) is 5.75 Å². The quantitative estimate of drug-likeness (QED) is 0.233. The third-order valence-electron chi connectivity index (χ3n) is 5.38. The molecule has 1 aromatic rings. The Balaban J connectivity index is 1.76. The molecule has 1 N–H and O–H groups in total. The van der Waals surface area contributed by atoms with Crippen LogP contribution in [0.15, 0.2) is 18.2 Å². The van der Waals surface area contributed by atoms with E-state index in [2.05, 4.69) is 12.2 Å². The Hall–Kier alpha value is -0.730. The number of hydrogen-bond acceptors (Lipinski definition) is 2. The zero-order valence-corrected chi connectivity index (χ0v) is 19.3. The van der Waals surface area contributed by atoms with E-state index in [0.717, 1.165) is 29.4 Å². The van der Waals surface area contributed by atoms with Crippen LogP contribution in [0.1, 0.15) is 102 Å². The van der Waals surface area contributed by atoms with E-state index in [-0.39, 0.29) is 0 Å². The van der Waals surface area contributed by atoms with E-state index in [1.807, 2.05) is 25.1 Å². The van der Waals surface area contributed by atoms with Crippen LogP contribution in [0.25, 0.3) is 0 Å². The van der Waals surface area contributed by atoms with Gasteiger partial charge in [0.05, 0.1) is 0 Å². The molecular formula is C25H44ClNO. The molecule has 0 unspecified atom stereocenters. The number of nitrogens with one attached hydrogen (secondary N) is 1. The minimum Gasteiger partial charge on any atom is -0.492 e. The summed E-state index contributed by atoms with van der Waals surface area (Å²) in [6, 6.07) is 5.77. The van der Waals surface area contributed by atoms with Gasteiger partial charge in [0.1, 0.15) is 12.4 Å². The van der Waals surface area contributed by atoms with Gasteiger partial charge in [0.25, 0.3) is 0 Å². The van der Waals surface area contributed by atoms with Crippen molar-refractivity contribution in [2.24, 2.45) is 0 Å². The van der Waals surface area contributed by atoms with Crippen molar-refractivity contribution < 1.29 is 4.74 Å². The molecule has 0 radical (unpaired) electrons. The van der Waals surface area contributed by atoms with E-state index in [0.29, 0.717) is 6.61 Å². The predicted octanol–water partition coefficient (Wildman–Crippen LogP) is 8.10. The summed E-state index contributed by atoms with van der Waals surface area (Å²) in [5.74, 6) is 0.933. The molecule has 0 aliphatic carbocycles. The summed E-state index contributed by atoms with van der Waals surface area (Å²) in [6.45, 7) is 7.03. The minimum atomic E-state index is 0.709. The monoisotopic (exact) mass is 409 g/mol. The van der Waals surface area contributed by atoms with Gasteiger partial charge in [-0.25, -0.2) is 0 Å². The number of ether oxygens (including phenoxy) is 1. The summed E-state index contributed by atoms with van der Waals surface area (Å²) in [4.78, 5) is 0. The molecule has 1 aromatic carbocycles. The van der Waals surface area contributed by atoms with Crippen LogP contribution in [0.4, 0.5) is 0 Å². The first-order chi connectivity index (χ1) is 13.7. The van der Waals surface area contributed by atoms with Crippen molar-refractivity contribution in [1.82, 2.24) is 5.32 Å². The summed E-state index contributed by atoms with van der Waals surface area (Å²) in [5, 5.41) is 4.24. The van der Waals surface area contributed by atoms with Crippen molar-refractivity contribution in [3.63, 3.8) is 0 Å². The Morgan fingerprint density at radius 3 is 1.82 bits per heavy atom. The third-order valence-corrected chi connectivity index (χ3v) is 5.62. The normalized spacial score (nSPS) is 11.1. The number of rotatable bonds is 19. The molecule has 1 rings (SSSR count). The molecule has 0 atom stereocenters. The lowest BCUT2D eigenvalue weighted by Gasteiger charge is -2.10. The fourth-order valence-electron chi connectivity index (χ4n) is 3.58. The highest BCUT2D eigenvalue weighted by atomic mass is 35.5. The number of hydrogen-bond donors (Lipinski definition) is 1. The van der Waals surface area contributed by atoms with Crippen molar-refractivity contribution in [1.29, 1.82) is 0 Å². The van der Waals surface area contributed by atoms with Crippen molar-refractivity contribution in [3.05, 3.63) is 28.8 Å². The maximum Gasteiger partial charge on any atom is 0.122 e. The van der Waals surface area contributed by atoms with E-state index >= 15 is 0 Å². The fourth-order valence-corrected chi connectivity index (χ4v) is 3.80. The maximum absolute atomic E-state index is 5.96. The van der Waals surface area contributed by atoms with Crippen molar-refractivity contribution in [2.75, 3.05) is 19.7 Å². The molecular weight excluding hydrogens is 366 g/mol. The Kier molecular flexibility index (Phi) is 16.5. The van der Waals surface area contributed by atoms with Gasteiger partial charge >= 0.3 is 0 Å². The van der Waals surface area contributed by atoms with Crippen LogP contribution in [0, 0.1) is 6.92 Å². The molecule has 0 saturated heterocycles. The number of aryl methyl sites for hydroxylation is 1. The summed E-state index contributed by atoms with van der Waals surface area (Å²) >= 11 is 5.96. The number of unbranched alkanes of at least 4 members (excludes halogenated alkanes) is 13. The molecule has 0 fully saturated rings. The van der Waals surface area contributed by atoms with Gasteiger partial charge in [0, 0.05) is 11.6 Å². The smallest absolute Gasteiger partial charge is 0.122 e. The molecule has 0 amide bonds. The van der Waals surface area contributed by atoms with Crippen LogP contribution in [0.2, 0.25) is 5.02 Å². The van der Waals surface area contributed by atoms with E-state index in [9.17, 15) is 0 Å². The summed E-state index contributed by atoms with van der Waals surface area (Å²) in [6.07, 6.45) is 19.8. The van der Waals surface area contributed by atoms with Gasteiger partial charge < -0.3 is 10.1 Å². The minimum absolute atomic E-state index is 0.709. The third kappa shape index (κ3) is 14.3. The topological polar surface area (TPSA) is 21.3 Å². The van der Waals surface area contributed by atoms with Gasteiger partial charge in [-0.2, -0.15) is 0 Å². The second kappa shape index (κ2) is 18.3. The standard InChI is InChI=1S/C25H44ClNO/c1-3-4-5-6-7-8-9-10-11-12-13-14-15-16-19-27-20-21-28-25-18-17-24(26)22-23(25)2/h17-18,22,27H,3-16,19-21H2,1-2H3. The molecule has 0 heterocycles. The van der Waals surface area contributed by atoms with Crippen LogP contribution in [-0.2, 0) is 0 Å². The Morgan fingerprint density at radius 1 is 0.750 bits per heavy atom. The van der Waals surface area contributed by atoms with Gasteiger partial charge in [-0.05, 0) is 43.7 Å². The van der Waals surface area contributed by atoms with Crippen molar-refractivity contribution in [2.45, 2.75) is 104 Å². The molecule has 2 nitrogen and oxygen atoms in total. The highest BCUT2D eigenvalue weighted by Crippen LogP contribution is 2.21. The van der Waals surface area contributed by atoms with E-state index in [1.54, 1.807) is 0 Å². The SMILES string of the molecule is CCCCCCCCCCCCCCCCNCCOc1ccc(Cl)cc1C. The second-order valence-corrected chi connectivity index (χ2v) is 8.54. The summed E-state index contributed by atoms with van der Waals surface area (Å²) in [5.41, 5.74) is 1.10. The summed E-state index contributed by atoms with van der Waals surface area (Å²) < 4.78 is 5.79. The molecule has 0 saturated carbocycles. The van der Waals surface area contributed by atoms with E-state index in [1.165, 1.54) is 89.9 Å². The lowest BCUT2D eigenvalue weighted by Crippen LogP contribution is -2.22. The predicted molar refractivity (Wildman–Crippen MR) is 125 cm³/mol. The van der Waals surface area contributed by atoms with E-state index < -0.39 is 0 Å². The van der Waals surface area contributed by atoms with Crippen LogP contribution < -0.4 is 10.1 Å². The largest absolute Gasteiger partial charge is 0.492 e. The fraction of sp³-hybridized carbons (Fsp3) is 0.760. The Labute approximate surface area is 179 Å². The molecule has 3 heteroatoms. The van der Waals surface area contributed by atoms with E-state index in [4.69, 9.17) is 16.3 Å². The van der Waals surface area contributed by atoms with Crippen molar-refractivity contribution in [3.8, 4) is 5.75 Å². The van der Waals surface area contributed by atoms with Gasteiger partial charge in [0.2, 0.25) is 0 Å². The van der Waals surface area contributed by atoms with Crippen LogP contribution in [0.3, 0.4) is 0 Å². The zero-order valence-electron chi connectivity index (χ0n) is 18.5. The first-order valence-electron chi connectivity index (χ1n) is 11.8. The first kappa shape index (κ1) is 25.3. The second-order valence-electron chi connectivity index (χ2n) is 8.10. The average Bonchev–Trinajstić information content (AvgIpc) is 2.68. The van der Waals surface area contributed by atoms with Gasteiger partial charge in [-0.3, -0.25) is 0 Å². The number of benzene rings is 1. The highest BCUT2D eigenvalue weighted by Gasteiger charge is 2.00. The van der Waals surface area contributed by atoms with Gasteiger partial charge in [-0.15, -0.1) is 0 Å². The molecule has 162 valence electrons. The highest BCUT2D eigenvalue weighted by molar-refractivity contribution is 6.30. The molecule has 0 spiro atoms. The molecule has 0 aliphatic rings. The molecule has 0 bridgehead atoms. The Morgan fingerprint density at radius 2 is 1.29 bits per heavy atom. The maximum atomic E-state index is 5.96. The van der Waals surface area contributed by atoms with Crippen LogP contribution in [-0.4, -0.2) is 19.7 Å².